The van der Waals surface area contributed by atoms with Gasteiger partial charge in [-0.1, -0.05) is 34.6 Å². The molecule has 0 fully saturated rings. The maximum atomic E-state index is 2.69. The largest absolute Gasteiger partial charge is 0.326 e. The van der Waals surface area contributed by atoms with Gasteiger partial charge in [0.25, 0.3) is 0 Å². The number of rotatable bonds is 5. The van der Waals surface area contributed by atoms with Crippen LogP contribution in [0, 0.1) is 0 Å². The Morgan fingerprint density at radius 1 is 1.09 bits per heavy atom. The van der Waals surface area contributed by atoms with E-state index in [9.17, 15) is 0 Å². The minimum absolute atomic E-state index is 0.568. The van der Waals surface area contributed by atoms with Crippen LogP contribution in [0.5, 0.6) is 0 Å². The summed E-state index contributed by atoms with van der Waals surface area (Å²) in [4.78, 5) is 0. The van der Waals surface area contributed by atoms with Crippen molar-refractivity contribution >= 4 is 8.96 Å². The SMILES string of the molecule is CCN(CC)[SiH](CC)C(C)C. The molecule has 0 spiro atoms. The maximum Gasteiger partial charge on any atom is 0.114 e. The van der Waals surface area contributed by atoms with Crippen molar-refractivity contribution in [2.45, 2.75) is 46.2 Å². The second kappa shape index (κ2) is 5.78. The Labute approximate surface area is 73.5 Å². The first-order valence-electron chi connectivity index (χ1n) is 4.91. The first kappa shape index (κ1) is 11.2. The van der Waals surface area contributed by atoms with E-state index >= 15 is 0 Å². The number of nitrogens with zero attached hydrogens (tertiary/aromatic N) is 1. The molecule has 1 nitrogen and oxygen atoms in total. The maximum absolute atomic E-state index is 2.69. The first-order valence-corrected chi connectivity index (χ1v) is 6.91. The third-order valence-electron chi connectivity index (χ3n) is 2.47. The zero-order chi connectivity index (χ0) is 8.85. The van der Waals surface area contributed by atoms with Crippen LogP contribution in [-0.4, -0.2) is 26.6 Å². The Morgan fingerprint density at radius 3 is 1.64 bits per heavy atom. The van der Waals surface area contributed by atoms with Gasteiger partial charge < -0.3 is 4.57 Å². The molecule has 0 aliphatic rings. The average Bonchev–Trinajstić information content (AvgIpc) is 1.99. The van der Waals surface area contributed by atoms with Gasteiger partial charge in [0.05, 0.1) is 0 Å². The summed E-state index contributed by atoms with van der Waals surface area (Å²) in [5, 5.41) is 0. The van der Waals surface area contributed by atoms with Crippen molar-refractivity contribution in [2.24, 2.45) is 0 Å². The van der Waals surface area contributed by atoms with Gasteiger partial charge in [0.15, 0.2) is 0 Å². The summed E-state index contributed by atoms with van der Waals surface area (Å²) in [5.74, 6) is 0. The molecule has 0 aliphatic carbocycles. The molecule has 0 amide bonds. The van der Waals surface area contributed by atoms with Crippen LogP contribution in [0.25, 0.3) is 0 Å². The molecule has 0 aromatic rings. The van der Waals surface area contributed by atoms with E-state index in [4.69, 9.17) is 0 Å². The Hall–Kier alpha value is 0.177. The molecule has 0 aliphatic heterocycles. The van der Waals surface area contributed by atoms with Crippen LogP contribution in [0.15, 0.2) is 0 Å². The van der Waals surface area contributed by atoms with Crippen molar-refractivity contribution in [3.8, 4) is 0 Å². The fourth-order valence-electron chi connectivity index (χ4n) is 1.84. The molecule has 0 saturated heterocycles. The normalized spacial score (nSPS) is 14.5. The van der Waals surface area contributed by atoms with Crippen LogP contribution in [0.2, 0.25) is 11.6 Å². The molecular formula is C9H23NSi. The van der Waals surface area contributed by atoms with Crippen molar-refractivity contribution in [1.82, 2.24) is 4.57 Å². The monoisotopic (exact) mass is 173 g/mol. The van der Waals surface area contributed by atoms with Gasteiger partial charge in [0.2, 0.25) is 0 Å². The van der Waals surface area contributed by atoms with Crippen molar-refractivity contribution in [1.29, 1.82) is 0 Å². The zero-order valence-electron chi connectivity index (χ0n) is 8.72. The highest BCUT2D eigenvalue weighted by Crippen LogP contribution is 2.14. The topological polar surface area (TPSA) is 3.24 Å². The van der Waals surface area contributed by atoms with E-state index in [1.54, 1.807) is 0 Å². The highest BCUT2D eigenvalue weighted by molar-refractivity contribution is 6.57. The Kier molecular flexibility index (Phi) is 5.87. The van der Waals surface area contributed by atoms with Gasteiger partial charge in [0.1, 0.15) is 8.96 Å². The molecule has 0 rings (SSSR count). The summed E-state index contributed by atoms with van der Waals surface area (Å²) >= 11 is 0. The van der Waals surface area contributed by atoms with Crippen molar-refractivity contribution < 1.29 is 0 Å². The fraction of sp³-hybridized carbons (Fsp3) is 1.00. The van der Waals surface area contributed by atoms with Crippen LogP contribution in [-0.2, 0) is 0 Å². The smallest absolute Gasteiger partial charge is 0.114 e. The summed E-state index contributed by atoms with van der Waals surface area (Å²) in [6.07, 6.45) is 0. The highest BCUT2D eigenvalue weighted by atomic mass is 28.3. The molecule has 1 atom stereocenters. The number of hydrogen-bond donors (Lipinski definition) is 0. The van der Waals surface area contributed by atoms with E-state index in [1.165, 1.54) is 19.1 Å². The lowest BCUT2D eigenvalue weighted by Gasteiger charge is -2.30. The highest BCUT2D eigenvalue weighted by Gasteiger charge is 2.18. The molecule has 68 valence electrons. The van der Waals surface area contributed by atoms with Gasteiger partial charge >= 0.3 is 0 Å². The van der Waals surface area contributed by atoms with E-state index in [1.807, 2.05) is 0 Å². The molecule has 0 N–H and O–H groups in total. The van der Waals surface area contributed by atoms with E-state index in [0.717, 1.165) is 5.54 Å². The van der Waals surface area contributed by atoms with E-state index in [0.29, 0.717) is 0 Å². The zero-order valence-corrected chi connectivity index (χ0v) is 9.88. The summed E-state index contributed by atoms with van der Waals surface area (Å²) in [5.41, 5.74) is 0.930. The molecule has 0 saturated carbocycles. The molecule has 0 bridgehead atoms. The molecular weight excluding hydrogens is 150 g/mol. The molecule has 0 radical (unpaired) electrons. The average molecular weight is 173 g/mol. The van der Waals surface area contributed by atoms with Gasteiger partial charge in [-0.3, -0.25) is 0 Å². The van der Waals surface area contributed by atoms with Gasteiger partial charge in [-0.25, -0.2) is 0 Å². The van der Waals surface area contributed by atoms with E-state index in [2.05, 4.69) is 39.2 Å². The minimum atomic E-state index is -0.568. The lowest BCUT2D eigenvalue weighted by molar-refractivity contribution is 0.469. The third-order valence-corrected chi connectivity index (χ3v) is 6.51. The molecule has 2 heteroatoms. The van der Waals surface area contributed by atoms with Crippen LogP contribution < -0.4 is 0 Å². The van der Waals surface area contributed by atoms with Gasteiger partial charge in [-0.2, -0.15) is 0 Å². The fourth-order valence-corrected chi connectivity index (χ4v) is 5.08. The van der Waals surface area contributed by atoms with Gasteiger partial charge in [-0.15, -0.1) is 0 Å². The van der Waals surface area contributed by atoms with Gasteiger partial charge in [0, 0.05) is 0 Å². The second-order valence-electron chi connectivity index (χ2n) is 3.44. The lowest BCUT2D eigenvalue weighted by Crippen LogP contribution is -2.40. The number of hydrogen-bond acceptors (Lipinski definition) is 1. The summed E-state index contributed by atoms with van der Waals surface area (Å²) < 4.78 is 2.69. The van der Waals surface area contributed by atoms with Crippen LogP contribution >= 0.6 is 0 Å². The van der Waals surface area contributed by atoms with Crippen LogP contribution in [0.4, 0.5) is 0 Å². The molecule has 0 aromatic heterocycles. The van der Waals surface area contributed by atoms with Crippen LogP contribution in [0.3, 0.4) is 0 Å². The van der Waals surface area contributed by atoms with Crippen LogP contribution in [0.1, 0.15) is 34.6 Å². The van der Waals surface area contributed by atoms with Crippen molar-refractivity contribution in [3.63, 3.8) is 0 Å². The lowest BCUT2D eigenvalue weighted by atomic mass is 10.6. The quantitative estimate of drug-likeness (QED) is 0.577. The second-order valence-corrected chi connectivity index (χ2v) is 7.46. The Bertz CT molecular complexity index is 89.6. The molecule has 1 unspecified atom stereocenters. The summed E-state index contributed by atoms with van der Waals surface area (Å²) in [7, 11) is -0.568. The standard InChI is InChI=1S/C9H23NSi/c1-6-10(7-2)11(8-3)9(4)5/h9,11H,6-8H2,1-5H3. The molecule has 0 heterocycles. The van der Waals surface area contributed by atoms with E-state index in [-0.39, 0.29) is 0 Å². The summed E-state index contributed by atoms with van der Waals surface area (Å²) in [6, 6.07) is 1.42. The Morgan fingerprint density at radius 2 is 1.55 bits per heavy atom. The van der Waals surface area contributed by atoms with Crippen molar-refractivity contribution in [3.05, 3.63) is 0 Å². The molecule has 11 heavy (non-hydrogen) atoms. The minimum Gasteiger partial charge on any atom is -0.326 e. The first-order chi connectivity index (χ1) is 5.17. The predicted octanol–water partition coefficient (Wildman–Crippen LogP) is 2.48. The predicted molar refractivity (Wildman–Crippen MR) is 55.6 cm³/mol. The van der Waals surface area contributed by atoms with Crippen molar-refractivity contribution in [2.75, 3.05) is 13.1 Å². The Balaban J connectivity index is 3.98. The summed E-state index contributed by atoms with van der Waals surface area (Å²) in [6.45, 7) is 14.1. The van der Waals surface area contributed by atoms with E-state index < -0.39 is 8.96 Å². The molecule has 0 aromatic carbocycles. The third kappa shape index (κ3) is 3.39. The van der Waals surface area contributed by atoms with Gasteiger partial charge in [-0.05, 0) is 24.7 Å².